The molecule has 0 bridgehead atoms. The Kier molecular flexibility index (Phi) is 4.93. The summed E-state index contributed by atoms with van der Waals surface area (Å²) in [5.74, 6) is -0.234. The van der Waals surface area contributed by atoms with Gasteiger partial charge in [0.25, 0.3) is 5.91 Å². The molecule has 0 fully saturated rings. The quantitative estimate of drug-likeness (QED) is 0.562. The molecule has 2 rings (SSSR count). The van der Waals surface area contributed by atoms with Gasteiger partial charge < -0.3 is 10.4 Å². The summed E-state index contributed by atoms with van der Waals surface area (Å²) >= 11 is 8.37. The number of carbonyl (C=O) groups is 1. The van der Waals surface area contributed by atoms with Gasteiger partial charge in [0.15, 0.2) is 5.11 Å². The maximum absolute atomic E-state index is 12.0. The molecule has 4 nitrogen and oxygen atoms in total. The maximum Gasteiger partial charge on any atom is 0.257 e. The largest absolute Gasteiger partial charge is 0.506 e. The summed E-state index contributed by atoms with van der Waals surface area (Å²) in [4.78, 5) is 12.0. The lowest BCUT2D eigenvalue weighted by Gasteiger charge is -2.11. The number of amides is 1. The molecule has 0 saturated heterocycles. The molecule has 108 valence electrons. The second kappa shape index (κ2) is 6.69. The highest BCUT2D eigenvalue weighted by Gasteiger charge is 2.09. The Bertz CT molecular complexity index is 687. The maximum atomic E-state index is 12.0. The van der Waals surface area contributed by atoms with Crippen LogP contribution in [-0.4, -0.2) is 16.1 Å². The number of rotatable bonds is 2. The highest BCUT2D eigenvalue weighted by atomic mass is 79.9. The van der Waals surface area contributed by atoms with E-state index in [0.717, 1.165) is 10.0 Å². The number of aryl methyl sites for hydroxylation is 1. The first-order chi connectivity index (χ1) is 9.95. The molecule has 2 aromatic rings. The van der Waals surface area contributed by atoms with Crippen LogP contribution < -0.4 is 10.6 Å². The Hall–Kier alpha value is -1.92. The van der Waals surface area contributed by atoms with Crippen molar-refractivity contribution in [3.8, 4) is 5.75 Å². The Morgan fingerprint density at radius 3 is 2.48 bits per heavy atom. The fourth-order valence-corrected chi connectivity index (χ4v) is 2.14. The number of benzene rings is 2. The van der Waals surface area contributed by atoms with Crippen molar-refractivity contribution in [2.75, 3.05) is 5.32 Å². The van der Waals surface area contributed by atoms with E-state index >= 15 is 0 Å². The van der Waals surface area contributed by atoms with Crippen LogP contribution in [0.2, 0.25) is 0 Å². The van der Waals surface area contributed by atoms with Crippen molar-refractivity contribution in [3.63, 3.8) is 0 Å². The lowest BCUT2D eigenvalue weighted by atomic mass is 10.2. The standard InChI is InChI=1S/C15H13BrN2O2S/c1-9-2-7-12(13(19)8-9)17-15(21)18-14(20)10-3-5-11(16)6-4-10/h2-8,19H,1H3,(H2,17,18,20,21). The summed E-state index contributed by atoms with van der Waals surface area (Å²) in [5, 5.41) is 15.3. The first-order valence-corrected chi connectivity index (χ1v) is 7.33. The Morgan fingerprint density at radius 1 is 1.19 bits per heavy atom. The molecule has 0 heterocycles. The number of thiocarbonyl (C=S) groups is 1. The van der Waals surface area contributed by atoms with Crippen molar-refractivity contribution >= 4 is 44.9 Å². The summed E-state index contributed by atoms with van der Waals surface area (Å²) in [6.45, 7) is 1.87. The molecule has 0 aliphatic rings. The van der Waals surface area contributed by atoms with E-state index in [0.29, 0.717) is 11.3 Å². The molecular formula is C15H13BrN2O2S. The summed E-state index contributed by atoms with van der Waals surface area (Å²) < 4.78 is 0.893. The van der Waals surface area contributed by atoms with Crippen LogP contribution in [0.1, 0.15) is 15.9 Å². The van der Waals surface area contributed by atoms with Crippen molar-refractivity contribution in [2.45, 2.75) is 6.92 Å². The molecule has 0 radical (unpaired) electrons. The molecule has 2 aromatic carbocycles. The topological polar surface area (TPSA) is 61.4 Å². The summed E-state index contributed by atoms with van der Waals surface area (Å²) in [6.07, 6.45) is 0. The molecule has 3 N–H and O–H groups in total. The summed E-state index contributed by atoms with van der Waals surface area (Å²) in [5.41, 5.74) is 1.88. The van der Waals surface area contributed by atoms with Gasteiger partial charge in [-0.15, -0.1) is 0 Å². The number of anilines is 1. The minimum Gasteiger partial charge on any atom is -0.506 e. The molecular weight excluding hydrogens is 352 g/mol. The number of nitrogens with one attached hydrogen (secondary N) is 2. The van der Waals surface area contributed by atoms with Crippen LogP contribution in [-0.2, 0) is 0 Å². The molecule has 0 unspecified atom stereocenters. The van der Waals surface area contributed by atoms with Gasteiger partial charge >= 0.3 is 0 Å². The average molecular weight is 365 g/mol. The van der Waals surface area contributed by atoms with Crippen molar-refractivity contribution < 1.29 is 9.90 Å². The van der Waals surface area contributed by atoms with Crippen LogP contribution in [0.3, 0.4) is 0 Å². The molecule has 1 amide bonds. The SMILES string of the molecule is Cc1ccc(NC(=S)NC(=O)c2ccc(Br)cc2)c(O)c1. The van der Waals surface area contributed by atoms with Crippen molar-refractivity contribution in [2.24, 2.45) is 0 Å². The van der Waals surface area contributed by atoms with Crippen molar-refractivity contribution in [1.82, 2.24) is 5.32 Å². The van der Waals surface area contributed by atoms with E-state index < -0.39 is 0 Å². The van der Waals surface area contributed by atoms with E-state index in [4.69, 9.17) is 12.2 Å². The van der Waals surface area contributed by atoms with E-state index in [-0.39, 0.29) is 16.8 Å². The van der Waals surface area contributed by atoms with Gasteiger partial charge in [0.05, 0.1) is 5.69 Å². The van der Waals surface area contributed by atoms with E-state index in [1.54, 1.807) is 36.4 Å². The first kappa shape index (κ1) is 15.5. The zero-order valence-electron chi connectivity index (χ0n) is 11.2. The zero-order valence-corrected chi connectivity index (χ0v) is 13.6. The molecule has 0 aliphatic carbocycles. The predicted octanol–water partition coefficient (Wildman–Crippen LogP) is 3.59. The summed E-state index contributed by atoms with van der Waals surface area (Å²) in [6, 6.07) is 12.1. The molecule has 0 saturated carbocycles. The fraction of sp³-hybridized carbons (Fsp3) is 0.0667. The minimum atomic E-state index is -0.313. The highest BCUT2D eigenvalue weighted by Crippen LogP contribution is 2.23. The average Bonchev–Trinajstić information content (AvgIpc) is 2.42. The van der Waals surface area contributed by atoms with Crippen molar-refractivity contribution in [1.29, 1.82) is 0 Å². The van der Waals surface area contributed by atoms with E-state index in [1.165, 1.54) is 0 Å². The molecule has 0 spiro atoms. The number of phenolic OH excluding ortho intramolecular Hbond substituents is 1. The number of hydrogen-bond acceptors (Lipinski definition) is 3. The van der Waals surface area contributed by atoms with Crippen LogP contribution in [0.5, 0.6) is 5.75 Å². The second-order valence-electron chi connectivity index (χ2n) is 4.44. The Morgan fingerprint density at radius 2 is 1.86 bits per heavy atom. The van der Waals surface area contributed by atoms with Gasteiger partial charge in [-0.1, -0.05) is 22.0 Å². The van der Waals surface area contributed by atoms with Crippen LogP contribution in [0.15, 0.2) is 46.9 Å². The molecule has 0 aliphatic heterocycles. The normalized spacial score (nSPS) is 10.0. The lowest BCUT2D eigenvalue weighted by molar-refractivity contribution is 0.0977. The Balaban J connectivity index is 2.01. The van der Waals surface area contributed by atoms with Gasteiger partial charge in [0.2, 0.25) is 0 Å². The van der Waals surface area contributed by atoms with E-state index in [1.807, 2.05) is 13.0 Å². The number of halogens is 1. The fourth-order valence-electron chi connectivity index (χ4n) is 1.68. The number of phenols is 1. The van der Waals surface area contributed by atoms with E-state index in [2.05, 4.69) is 26.6 Å². The first-order valence-electron chi connectivity index (χ1n) is 6.13. The number of hydrogen-bond donors (Lipinski definition) is 3. The smallest absolute Gasteiger partial charge is 0.257 e. The van der Waals surface area contributed by atoms with Crippen LogP contribution >= 0.6 is 28.1 Å². The minimum absolute atomic E-state index is 0.0789. The van der Waals surface area contributed by atoms with Gasteiger partial charge in [-0.3, -0.25) is 10.1 Å². The highest BCUT2D eigenvalue weighted by molar-refractivity contribution is 9.10. The van der Waals surface area contributed by atoms with Crippen LogP contribution in [0, 0.1) is 6.92 Å². The molecule has 21 heavy (non-hydrogen) atoms. The Labute approximate surface area is 136 Å². The molecule has 0 atom stereocenters. The third kappa shape index (κ3) is 4.27. The van der Waals surface area contributed by atoms with Gasteiger partial charge in [0.1, 0.15) is 5.75 Å². The summed E-state index contributed by atoms with van der Waals surface area (Å²) in [7, 11) is 0. The molecule has 0 aromatic heterocycles. The van der Waals surface area contributed by atoms with Gasteiger partial charge in [-0.2, -0.15) is 0 Å². The van der Waals surface area contributed by atoms with Gasteiger partial charge in [-0.25, -0.2) is 0 Å². The third-order valence-electron chi connectivity index (χ3n) is 2.73. The molecule has 6 heteroatoms. The van der Waals surface area contributed by atoms with Gasteiger partial charge in [-0.05, 0) is 61.1 Å². The lowest BCUT2D eigenvalue weighted by Crippen LogP contribution is -2.34. The van der Waals surface area contributed by atoms with Crippen LogP contribution in [0.25, 0.3) is 0 Å². The zero-order chi connectivity index (χ0) is 15.4. The second-order valence-corrected chi connectivity index (χ2v) is 5.76. The van der Waals surface area contributed by atoms with E-state index in [9.17, 15) is 9.90 Å². The van der Waals surface area contributed by atoms with Crippen molar-refractivity contribution in [3.05, 3.63) is 58.1 Å². The number of aromatic hydroxyl groups is 1. The number of carbonyl (C=O) groups excluding carboxylic acids is 1. The van der Waals surface area contributed by atoms with Crippen LogP contribution in [0.4, 0.5) is 5.69 Å². The predicted molar refractivity (Wildman–Crippen MR) is 90.7 cm³/mol. The van der Waals surface area contributed by atoms with Gasteiger partial charge in [0, 0.05) is 10.0 Å². The monoisotopic (exact) mass is 364 g/mol. The third-order valence-corrected chi connectivity index (χ3v) is 3.47.